The summed E-state index contributed by atoms with van der Waals surface area (Å²) in [4.78, 5) is 18.7. The van der Waals surface area contributed by atoms with Gasteiger partial charge in [-0.25, -0.2) is 4.98 Å². The van der Waals surface area contributed by atoms with E-state index in [1.807, 2.05) is 28.9 Å². The number of aromatic nitrogens is 1. The molecular formula is C16H18ClN5O3. The summed E-state index contributed by atoms with van der Waals surface area (Å²) in [5.41, 5.74) is 0.954. The summed E-state index contributed by atoms with van der Waals surface area (Å²) in [6, 6.07) is 7.24. The Bertz CT molecular complexity index is 720. The number of furan rings is 1. The molecule has 0 amide bonds. The first-order chi connectivity index (χ1) is 12.2. The minimum Gasteiger partial charge on any atom is -0.465 e. The van der Waals surface area contributed by atoms with Gasteiger partial charge in [-0.3, -0.25) is 0 Å². The molecule has 0 radical (unpaired) electrons. The van der Waals surface area contributed by atoms with Crippen LogP contribution in [0.2, 0.25) is 5.15 Å². The van der Waals surface area contributed by atoms with Crippen LogP contribution in [0.1, 0.15) is 24.5 Å². The van der Waals surface area contributed by atoms with Gasteiger partial charge in [-0.15, -0.1) is 4.91 Å². The fraction of sp³-hybridized carbons (Fsp3) is 0.375. The number of hydrogen-bond donors (Lipinski definition) is 0. The molecule has 1 aliphatic rings. The van der Waals surface area contributed by atoms with Crippen LogP contribution in [0.3, 0.4) is 0 Å². The maximum absolute atomic E-state index is 10.8. The molecule has 8 nitrogen and oxygen atoms in total. The highest BCUT2D eigenvalue weighted by molar-refractivity contribution is 6.29. The zero-order valence-corrected chi connectivity index (χ0v) is 14.5. The zero-order valence-electron chi connectivity index (χ0n) is 13.7. The number of halogens is 1. The molecule has 0 N–H and O–H groups in total. The largest absolute Gasteiger partial charge is 0.465 e. The van der Waals surface area contributed by atoms with Gasteiger partial charge in [-0.05, 0) is 30.7 Å². The van der Waals surface area contributed by atoms with Crippen LogP contribution in [-0.4, -0.2) is 40.4 Å². The lowest BCUT2D eigenvalue weighted by atomic mass is 10.3. The van der Waals surface area contributed by atoms with Gasteiger partial charge in [0.1, 0.15) is 5.15 Å². The maximum Gasteiger partial charge on any atom is 0.228 e. The molecular weight excluding hydrogens is 346 g/mol. The summed E-state index contributed by atoms with van der Waals surface area (Å²) in [5, 5.41) is 6.95. The van der Waals surface area contributed by atoms with E-state index in [0.717, 1.165) is 5.56 Å². The van der Waals surface area contributed by atoms with Gasteiger partial charge in [0.05, 0.1) is 11.5 Å². The molecule has 1 unspecified atom stereocenters. The SMILES string of the molecule is CCOC(c1ccco1)N1CCN(Cc2ccc(Cl)nc2)C1=NN=O. The summed E-state index contributed by atoms with van der Waals surface area (Å²) in [5.74, 6) is 1.09. The van der Waals surface area contributed by atoms with Crippen LogP contribution in [0.4, 0.5) is 0 Å². The molecule has 2 aromatic heterocycles. The molecule has 3 rings (SSSR count). The van der Waals surface area contributed by atoms with Gasteiger partial charge < -0.3 is 19.0 Å². The molecule has 3 heterocycles. The van der Waals surface area contributed by atoms with Crippen LogP contribution in [0.5, 0.6) is 0 Å². The van der Waals surface area contributed by atoms with E-state index in [1.165, 1.54) is 0 Å². The average molecular weight is 364 g/mol. The Kier molecular flexibility index (Phi) is 5.62. The lowest BCUT2D eigenvalue weighted by molar-refractivity contribution is -0.0316. The third kappa shape index (κ3) is 3.97. The number of nitroso groups, excluding NO2 is 1. The lowest BCUT2D eigenvalue weighted by Crippen LogP contribution is -2.37. The Hall–Kier alpha value is -2.45. The van der Waals surface area contributed by atoms with Crippen molar-refractivity contribution in [1.29, 1.82) is 0 Å². The van der Waals surface area contributed by atoms with Crippen LogP contribution >= 0.6 is 11.6 Å². The fourth-order valence-electron chi connectivity index (χ4n) is 2.77. The second-order valence-corrected chi connectivity index (χ2v) is 5.80. The predicted molar refractivity (Wildman–Crippen MR) is 92.7 cm³/mol. The number of hydrogen-bond acceptors (Lipinski definition) is 5. The number of pyridine rings is 1. The number of rotatable bonds is 7. The van der Waals surface area contributed by atoms with E-state index >= 15 is 0 Å². The first kappa shape index (κ1) is 17.4. The quantitative estimate of drug-likeness (QED) is 0.426. The van der Waals surface area contributed by atoms with Gasteiger partial charge in [0, 0.05) is 32.4 Å². The van der Waals surface area contributed by atoms with E-state index in [4.69, 9.17) is 20.8 Å². The number of nitrogens with zero attached hydrogens (tertiary/aromatic N) is 5. The van der Waals surface area contributed by atoms with Gasteiger partial charge >= 0.3 is 0 Å². The van der Waals surface area contributed by atoms with Crippen LogP contribution in [0, 0.1) is 4.91 Å². The Balaban J connectivity index is 1.82. The minimum absolute atomic E-state index is 0.435. The molecule has 25 heavy (non-hydrogen) atoms. The monoisotopic (exact) mass is 363 g/mol. The molecule has 132 valence electrons. The van der Waals surface area contributed by atoms with Crippen LogP contribution in [0.25, 0.3) is 0 Å². The summed E-state index contributed by atoms with van der Waals surface area (Å²) in [6.07, 6.45) is 2.82. The van der Waals surface area contributed by atoms with Crippen molar-refractivity contribution in [2.24, 2.45) is 10.4 Å². The number of guanidine groups is 1. The summed E-state index contributed by atoms with van der Waals surface area (Å²) in [6.45, 7) is 4.22. The first-order valence-electron chi connectivity index (χ1n) is 7.90. The Labute approximate surface area is 150 Å². The van der Waals surface area contributed by atoms with Gasteiger partial charge in [-0.2, -0.15) is 0 Å². The molecule has 9 heteroatoms. The van der Waals surface area contributed by atoms with E-state index < -0.39 is 6.23 Å². The third-order valence-corrected chi connectivity index (χ3v) is 4.06. The van der Waals surface area contributed by atoms with Gasteiger partial charge in [0.15, 0.2) is 12.0 Å². The highest BCUT2D eigenvalue weighted by Gasteiger charge is 2.35. The van der Waals surface area contributed by atoms with Crippen molar-refractivity contribution in [2.45, 2.75) is 19.7 Å². The summed E-state index contributed by atoms with van der Waals surface area (Å²) >= 11 is 5.82. The molecule has 1 atom stereocenters. The van der Waals surface area contributed by atoms with Gasteiger partial charge in [0.2, 0.25) is 5.96 Å². The van der Waals surface area contributed by atoms with Crippen molar-refractivity contribution in [3.8, 4) is 0 Å². The Morgan fingerprint density at radius 3 is 2.92 bits per heavy atom. The van der Waals surface area contributed by atoms with Gasteiger partial charge in [0.25, 0.3) is 0 Å². The minimum atomic E-state index is -0.464. The van der Waals surface area contributed by atoms with Crippen molar-refractivity contribution in [1.82, 2.24) is 14.8 Å². The summed E-state index contributed by atoms with van der Waals surface area (Å²) in [7, 11) is 0. The zero-order chi connectivity index (χ0) is 17.6. The molecule has 2 aromatic rings. The Morgan fingerprint density at radius 1 is 1.40 bits per heavy atom. The average Bonchev–Trinajstić information content (AvgIpc) is 3.27. The molecule has 0 aromatic carbocycles. The third-order valence-electron chi connectivity index (χ3n) is 3.84. The second kappa shape index (κ2) is 8.09. The molecule has 1 aliphatic heterocycles. The molecule has 1 saturated heterocycles. The van der Waals surface area contributed by atoms with Crippen LogP contribution in [0.15, 0.2) is 51.5 Å². The van der Waals surface area contributed by atoms with E-state index in [2.05, 4.69) is 15.4 Å². The van der Waals surface area contributed by atoms with Crippen LogP contribution < -0.4 is 0 Å². The normalized spacial score (nSPS) is 17.3. The van der Waals surface area contributed by atoms with Crippen molar-refractivity contribution >= 4 is 17.6 Å². The maximum atomic E-state index is 10.8. The lowest BCUT2D eigenvalue weighted by Gasteiger charge is -2.28. The predicted octanol–water partition coefficient (Wildman–Crippen LogP) is 3.22. The molecule has 1 fully saturated rings. The van der Waals surface area contributed by atoms with E-state index in [1.54, 1.807) is 24.6 Å². The smallest absolute Gasteiger partial charge is 0.228 e. The van der Waals surface area contributed by atoms with Crippen molar-refractivity contribution in [3.05, 3.63) is 58.1 Å². The highest BCUT2D eigenvalue weighted by Crippen LogP contribution is 2.28. The van der Waals surface area contributed by atoms with Gasteiger partial charge in [-0.1, -0.05) is 22.8 Å². The molecule has 0 bridgehead atoms. The Morgan fingerprint density at radius 2 is 2.28 bits per heavy atom. The first-order valence-corrected chi connectivity index (χ1v) is 8.28. The van der Waals surface area contributed by atoms with Crippen molar-refractivity contribution in [2.75, 3.05) is 19.7 Å². The molecule has 0 spiro atoms. The summed E-state index contributed by atoms with van der Waals surface area (Å²) < 4.78 is 11.3. The molecule has 0 aliphatic carbocycles. The molecule has 0 saturated carbocycles. The number of ether oxygens (including phenoxy) is 1. The standard InChI is InChI=1S/C16H18ClN5O3/c1-2-24-15(13-4-3-9-25-13)22-8-7-21(16(22)19-20-23)11-12-5-6-14(17)18-10-12/h3-6,9-10,15H,2,7-8,11H2,1H3. The van der Waals surface area contributed by atoms with Crippen LogP contribution in [-0.2, 0) is 11.3 Å². The van der Waals surface area contributed by atoms with E-state index in [-0.39, 0.29) is 0 Å². The van der Waals surface area contributed by atoms with Crippen molar-refractivity contribution in [3.63, 3.8) is 0 Å². The second-order valence-electron chi connectivity index (χ2n) is 5.41. The van der Waals surface area contributed by atoms with E-state index in [9.17, 15) is 4.91 Å². The van der Waals surface area contributed by atoms with E-state index in [0.29, 0.717) is 43.1 Å². The highest BCUT2D eigenvalue weighted by atomic mass is 35.5. The fourth-order valence-corrected chi connectivity index (χ4v) is 2.89. The topological polar surface area (TPSA) is 83.5 Å². The van der Waals surface area contributed by atoms with Crippen molar-refractivity contribution < 1.29 is 9.15 Å².